The Morgan fingerprint density at radius 2 is 1.90 bits per heavy atom. The molecule has 20 heavy (non-hydrogen) atoms. The number of rotatable bonds is 4. The Balaban J connectivity index is 1.95. The zero-order chi connectivity index (χ0) is 14.4. The summed E-state index contributed by atoms with van der Waals surface area (Å²) in [5.41, 5.74) is 2.75. The monoisotopic (exact) mass is 285 g/mol. The molecule has 1 aromatic heterocycles. The Morgan fingerprint density at radius 1 is 1.20 bits per heavy atom. The molecule has 0 bridgehead atoms. The van der Waals surface area contributed by atoms with Gasteiger partial charge in [-0.2, -0.15) is 5.26 Å². The van der Waals surface area contributed by atoms with Crippen LogP contribution >= 0.6 is 11.6 Å². The zero-order valence-corrected chi connectivity index (χ0v) is 11.4. The van der Waals surface area contributed by atoms with Gasteiger partial charge in [0.15, 0.2) is 0 Å². The molecule has 5 heteroatoms. The summed E-state index contributed by atoms with van der Waals surface area (Å²) in [7, 11) is 0. The molecule has 1 aromatic carbocycles. The van der Waals surface area contributed by atoms with Crippen LogP contribution in [0.5, 0.6) is 0 Å². The number of hydrogen-bond donors (Lipinski definition) is 1. The van der Waals surface area contributed by atoms with E-state index in [9.17, 15) is 4.79 Å². The average molecular weight is 286 g/mol. The summed E-state index contributed by atoms with van der Waals surface area (Å²) >= 11 is 5.71. The predicted molar refractivity (Wildman–Crippen MR) is 76.1 cm³/mol. The predicted octanol–water partition coefficient (Wildman–Crippen LogP) is 2.62. The third-order valence-corrected chi connectivity index (χ3v) is 3.06. The van der Waals surface area contributed by atoms with E-state index < -0.39 is 0 Å². The van der Waals surface area contributed by atoms with Crippen molar-refractivity contribution < 1.29 is 4.79 Å². The molecule has 0 spiro atoms. The average Bonchev–Trinajstić information content (AvgIpc) is 2.53. The van der Waals surface area contributed by atoms with Crippen LogP contribution in [-0.2, 0) is 12.4 Å². The minimum atomic E-state index is -0.268. The van der Waals surface area contributed by atoms with Gasteiger partial charge in [0, 0.05) is 18.6 Å². The summed E-state index contributed by atoms with van der Waals surface area (Å²) in [6, 6.07) is 12.7. The van der Waals surface area contributed by atoms with Crippen LogP contribution < -0.4 is 5.32 Å². The topological polar surface area (TPSA) is 65.8 Å². The summed E-state index contributed by atoms with van der Waals surface area (Å²) in [4.78, 5) is 15.8. The van der Waals surface area contributed by atoms with Crippen LogP contribution in [0.3, 0.4) is 0 Å². The van der Waals surface area contributed by atoms with E-state index in [1.807, 2.05) is 30.3 Å². The highest BCUT2D eigenvalue weighted by Gasteiger charge is 2.06. The van der Waals surface area contributed by atoms with Crippen molar-refractivity contribution in [3.63, 3.8) is 0 Å². The lowest BCUT2D eigenvalue weighted by Gasteiger charge is -2.05. The molecule has 0 saturated carbocycles. The number of hydrogen-bond acceptors (Lipinski definition) is 3. The highest BCUT2D eigenvalue weighted by Crippen LogP contribution is 2.07. The number of carbonyl (C=O) groups excluding carboxylic acids is 1. The van der Waals surface area contributed by atoms with E-state index in [2.05, 4.69) is 10.3 Å². The second-order valence-electron chi connectivity index (χ2n) is 4.18. The summed E-state index contributed by atoms with van der Waals surface area (Å²) in [5, 5.41) is 11.4. The Kier molecular flexibility index (Phi) is 4.70. The second kappa shape index (κ2) is 6.69. The lowest BCUT2D eigenvalue weighted by atomic mass is 10.1. The fourth-order valence-corrected chi connectivity index (χ4v) is 1.79. The molecule has 100 valence electrons. The largest absolute Gasteiger partial charge is 0.347 e. The Morgan fingerprint density at radius 3 is 2.45 bits per heavy atom. The lowest BCUT2D eigenvalue weighted by molar-refractivity contribution is 0.0946. The van der Waals surface area contributed by atoms with Crippen molar-refractivity contribution in [3.05, 3.63) is 65.0 Å². The molecule has 0 atom stereocenters. The smallest absolute Gasteiger partial charge is 0.270 e. The van der Waals surface area contributed by atoms with Gasteiger partial charge in [-0.3, -0.25) is 4.79 Å². The van der Waals surface area contributed by atoms with E-state index in [0.29, 0.717) is 23.7 Å². The molecule has 0 aliphatic heterocycles. The number of aromatic nitrogens is 1. The number of alkyl halides is 1. The fraction of sp³-hybridized carbons (Fsp3) is 0.133. The molecular weight excluding hydrogens is 274 g/mol. The standard InChI is InChI=1S/C15H12ClN3O/c16-7-11-1-3-12(4-2-11)9-19-15(20)14-6-5-13(8-17)10-18-14/h1-6,10H,7,9H2,(H,19,20). The number of pyridine rings is 1. The first kappa shape index (κ1) is 14.0. The van der Waals surface area contributed by atoms with Crippen molar-refractivity contribution in [2.45, 2.75) is 12.4 Å². The van der Waals surface area contributed by atoms with E-state index in [0.717, 1.165) is 11.1 Å². The third-order valence-electron chi connectivity index (χ3n) is 2.76. The Labute approximate surface area is 122 Å². The van der Waals surface area contributed by atoms with Gasteiger partial charge < -0.3 is 5.32 Å². The minimum Gasteiger partial charge on any atom is -0.347 e. The van der Waals surface area contributed by atoms with E-state index in [1.54, 1.807) is 6.07 Å². The van der Waals surface area contributed by atoms with Gasteiger partial charge in [0.1, 0.15) is 11.8 Å². The third kappa shape index (κ3) is 3.56. The number of benzene rings is 1. The van der Waals surface area contributed by atoms with Crippen LogP contribution in [0.2, 0.25) is 0 Å². The van der Waals surface area contributed by atoms with Crippen molar-refractivity contribution in [1.82, 2.24) is 10.3 Å². The first-order chi connectivity index (χ1) is 9.72. The van der Waals surface area contributed by atoms with Gasteiger partial charge in [-0.1, -0.05) is 24.3 Å². The molecule has 0 aliphatic rings. The van der Waals surface area contributed by atoms with Crippen LogP contribution in [0, 0.1) is 11.3 Å². The Hall–Kier alpha value is -2.38. The summed E-state index contributed by atoms with van der Waals surface area (Å²) in [6.07, 6.45) is 1.38. The zero-order valence-electron chi connectivity index (χ0n) is 10.6. The molecule has 1 amide bonds. The van der Waals surface area contributed by atoms with Gasteiger partial charge >= 0.3 is 0 Å². The van der Waals surface area contributed by atoms with E-state index in [4.69, 9.17) is 16.9 Å². The first-order valence-electron chi connectivity index (χ1n) is 6.01. The number of nitrogens with one attached hydrogen (secondary N) is 1. The molecule has 1 heterocycles. The van der Waals surface area contributed by atoms with Gasteiger partial charge in [-0.15, -0.1) is 11.6 Å². The number of halogens is 1. The van der Waals surface area contributed by atoms with Crippen molar-refractivity contribution >= 4 is 17.5 Å². The highest BCUT2D eigenvalue weighted by molar-refractivity contribution is 6.17. The molecule has 2 aromatic rings. The van der Waals surface area contributed by atoms with Crippen LogP contribution in [0.15, 0.2) is 42.6 Å². The normalized spacial score (nSPS) is 9.80. The van der Waals surface area contributed by atoms with Crippen molar-refractivity contribution in [1.29, 1.82) is 5.26 Å². The van der Waals surface area contributed by atoms with Crippen molar-refractivity contribution in [2.75, 3.05) is 0 Å². The van der Waals surface area contributed by atoms with Gasteiger partial charge in [0.05, 0.1) is 5.56 Å². The van der Waals surface area contributed by atoms with E-state index >= 15 is 0 Å². The maximum absolute atomic E-state index is 11.9. The summed E-state index contributed by atoms with van der Waals surface area (Å²) in [5.74, 6) is 0.206. The van der Waals surface area contributed by atoms with Crippen molar-refractivity contribution in [3.8, 4) is 6.07 Å². The van der Waals surface area contributed by atoms with Crippen LogP contribution in [0.1, 0.15) is 27.2 Å². The van der Waals surface area contributed by atoms with Gasteiger partial charge in [0.25, 0.3) is 5.91 Å². The van der Waals surface area contributed by atoms with Gasteiger partial charge in [0.2, 0.25) is 0 Å². The number of carbonyl (C=O) groups is 1. The Bertz CT molecular complexity index is 630. The molecule has 0 fully saturated rings. The maximum Gasteiger partial charge on any atom is 0.270 e. The fourth-order valence-electron chi connectivity index (χ4n) is 1.61. The molecular formula is C15H12ClN3O. The van der Waals surface area contributed by atoms with Gasteiger partial charge in [-0.25, -0.2) is 4.98 Å². The second-order valence-corrected chi connectivity index (χ2v) is 4.44. The highest BCUT2D eigenvalue weighted by atomic mass is 35.5. The number of nitriles is 1. The van der Waals surface area contributed by atoms with E-state index in [1.165, 1.54) is 12.3 Å². The SMILES string of the molecule is N#Cc1ccc(C(=O)NCc2ccc(CCl)cc2)nc1. The van der Waals surface area contributed by atoms with Crippen molar-refractivity contribution in [2.24, 2.45) is 0 Å². The molecule has 2 rings (SSSR count). The quantitative estimate of drug-likeness (QED) is 0.878. The molecule has 4 nitrogen and oxygen atoms in total. The molecule has 0 radical (unpaired) electrons. The number of nitrogens with zero attached hydrogens (tertiary/aromatic N) is 2. The molecule has 0 saturated heterocycles. The van der Waals surface area contributed by atoms with Crippen LogP contribution in [0.4, 0.5) is 0 Å². The van der Waals surface area contributed by atoms with Crippen LogP contribution in [-0.4, -0.2) is 10.9 Å². The molecule has 1 N–H and O–H groups in total. The summed E-state index contributed by atoms with van der Waals surface area (Å²) in [6.45, 7) is 0.420. The van der Waals surface area contributed by atoms with Crippen LogP contribution in [0.25, 0.3) is 0 Å². The molecule has 0 unspecified atom stereocenters. The van der Waals surface area contributed by atoms with Gasteiger partial charge in [-0.05, 0) is 23.3 Å². The lowest BCUT2D eigenvalue weighted by Crippen LogP contribution is -2.23. The molecule has 0 aliphatic carbocycles. The first-order valence-corrected chi connectivity index (χ1v) is 6.54. The summed E-state index contributed by atoms with van der Waals surface area (Å²) < 4.78 is 0. The van der Waals surface area contributed by atoms with E-state index in [-0.39, 0.29) is 5.91 Å². The maximum atomic E-state index is 11.9. The number of amides is 1. The minimum absolute atomic E-state index is 0.268.